The van der Waals surface area contributed by atoms with Crippen LogP contribution in [-0.2, 0) is 20.1 Å². The van der Waals surface area contributed by atoms with E-state index in [2.05, 4.69) is 10.4 Å². The molecule has 1 aromatic carbocycles. The summed E-state index contributed by atoms with van der Waals surface area (Å²) >= 11 is 1.43. The van der Waals surface area contributed by atoms with Gasteiger partial charge in [-0.25, -0.2) is 0 Å². The van der Waals surface area contributed by atoms with Crippen molar-refractivity contribution in [2.45, 2.75) is 12.6 Å². The quantitative estimate of drug-likeness (QED) is 0.876. The summed E-state index contributed by atoms with van der Waals surface area (Å²) in [6.45, 7) is 1.36. The van der Waals surface area contributed by atoms with E-state index in [1.54, 1.807) is 18.2 Å². The number of ether oxygens (including phenoxy) is 1. The van der Waals surface area contributed by atoms with Crippen molar-refractivity contribution in [1.29, 1.82) is 0 Å². The fourth-order valence-corrected chi connectivity index (χ4v) is 3.33. The second-order valence-corrected chi connectivity index (χ2v) is 5.91. The van der Waals surface area contributed by atoms with Gasteiger partial charge in [-0.3, -0.25) is 9.59 Å². The van der Waals surface area contributed by atoms with Gasteiger partial charge in [-0.2, -0.15) is 5.01 Å². The van der Waals surface area contributed by atoms with Crippen LogP contribution in [0.2, 0.25) is 0 Å². The standard InChI is InChI=1S/C15H11N3O3S/c1-9(19)18-15(21-13(17-18)12-7-4-8-22-12)10-5-2-3-6-11(10)16-14(15)20/h2-8H,1H3,(H,16,20). The van der Waals surface area contributed by atoms with E-state index in [4.69, 9.17) is 4.74 Å². The van der Waals surface area contributed by atoms with E-state index in [0.29, 0.717) is 11.3 Å². The van der Waals surface area contributed by atoms with Crippen LogP contribution in [0.1, 0.15) is 17.4 Å². The Morgan fingerprint density at radius 2 is 2.14 bits per heavy atom. The fourth-order valence-electron chi connectivity index (χ4n) is 2.69. The van der Waals surface area contributed by atoms with Crippen molar-refractivity contribution in [2.24, 2.45) is 5.10 Å². The summed E-state index contributed by atoms with van der Waals surface area (Å²) in [7, 11) is 0. The summed E-state index contributed by atoms with van der Waals surface area (Å²) < 4.78 is 5.92. The van der Waals surface area contributed by atoms with Gasteiger partial charge in [0, 0.05) is 6.92 Å². The topological polar surface area (TPSA) is 71.0 Å². The molecule has 1 spiro atoms. The predicted molar refractivity (Wildman–Crippen MR) is 81.2 cm³/mol. The molecular weight excluding hydrogens is 302 g/mol. The lowest BCUT2D eigenvalue weighted by Crippen LogP contribution is -2.49. The van der Waals surface area contributed by atoms with Gasteiger partial charge in [0.25, 0.3) is 11.8 Å². The Morgan fingerprint density at radius 1 is 1.32 bits per heavy atom. The third-order valence-corrected chi connectivity index (χ3v) is 4.47. The van der Waals surface area contributed by atoms with Crippen LogP contribution in [0.3, 0.4) is 0 Å². The molecule has 6 nitrogen and oxygen atoms in total. The number of hydrogen-bond donors (Lipinski definition) is 1. The molecule has 2 aliphatic heterocycles. The lowest BCUT2D eigenvalue weighted by Gasteiger charge is -2.28. The SMILES string of the molecule is CC(=O)N1N=C(c2cccs2)OC12C(=O)Nc1ccccc12. The molecule has 1 N–H and O–H groups in total. The third-order valence-electron chi connectivity index (χ3n) is 3.61. The lowest BCUT2D eigenvalue weighted by atomic mass is 10.0. The first kappa shape index (κ1) is 13.0. The van der Waals surface area contributed by atoms with Crippen LogP contribution in [0.5, 0.6) is 0 Å². The normalized spacial score (nSPS) is 22.3. The van der Waals surface area contributed by atoms with Crippen molar-refractivity contribution >= 4 is 34.7 Å². The molecule has 1 atom stereocenters. The summed E-state index contributed by atoms with van der Waals surface area (Å²) in [6.07, 6.45) is 0. The molecule has 0 aliphatic carbocycles. The number of carbonyl (C=O) groups excluding carboxylic acids is 2. The zero-order valence-electron chi connectivity index (χ0n) is 11.6. The number of fused-ring (bicyclic) bond motifs is 2. The first-order valence-electron chi connectivity index (χ1n) is 6.66. The van der Waals surface area contributed by atoms with Crippen molar-refractivity contribution in [1.82, 2.24) is 5.01 Å². The summed E-state index contributed by atoms with van der Waals surface area (Å²) in [5.41, 5.74) is -0.339. The monoisotopic (exact) mass is 313 g/mol. The molecule has 7 heteroatoms. The molecule has 2 amide bonds. The average Bonchev–Trinajstić information content (AvgIpc) is 3.20. The Morgan fingerprint density at radius 3 is 2.86 bits per heavy atom. The smallest absolute Gasteiger partial charge is 0.314 e. The number of hydrazone groups is 1. The van der Waals surface area contributed by atoms with E-state index in [1.807, 2.05) is 23.6 Å². The summed E-state index contributed by atoms with van der Waals surface area (Å²) in [5, 5.41) is 9.99. The van der Waals surface area contributed by atoms with E-state index in [9.17, 15) is 9.59 Å². The molecule has 2 aliphatic rings. The number of benzene rings is 1. The minimum atomic E-state index is -1.55. The average molecular weight is 313 g/mol. The minimum Gasteiger partial charge on any atom is -0.433 e. The van der Waals surface area contributed by atoms with Gasteiger partial charge in [-0.05, 0) is 17.5 Å². The number of nitrogens with zero attached hydrogens (tertiary/aromatic N) is 2. The molecule has 0 saturated heterocycles. The maximum absolute atomic E-state index is 12.6. The van der Waals surface area contributed by atoms with E-state index in [1.165, 1.54) is 18.3 Å². The van der Waals surface area contributed by atoms with Crippen LogP contribution in [0.15, 0.2) is 46.9 Å². The van der Waals surface area contributed by atoms with Gasteiger partial charge in [0.2, 0.25) is 5.91 Å². The molecule has 4 rings (SSSR count). The van der Waals surface area contributed by atoms with Gasteiger partial charge >= 0.3 is 5.72 Å². The van der Waals surface area contributed by atoms with Gasteiger partial charge in [0.05, 0.1) is 16.1 Å². The van der Waals surface area contributed by atoms with E-state index in [0.717, 1.165) is 9.89 Å². The predicted octanol–water partition coefficient (Wildman–Crippen LogP) is 2.09. The highest BCUT2D eigenvalue weighted by Gasteiger charge is 2.59. The Kier molecular flexibility index (Phi) is 2.61. The zero-order valence-corrected chi connectivity index (χ0v) is 12.4. The molecule has 1 unspecified atom stereocenters. The summed E-state index contributed by atoms with van der Waals surface area (Å²) in [4.78, 5) is 25.4. The molecule has 110 valence electrons. The molecule has 0 fully saturated rings. The highest BCUT2D eigenvalue weighted by Crippen LogP contribution is 2.45. The largest absolute Gasteiger partial charge is 0.433 e. The molecule has 0 radical (unpaired) electrons. The molecule has 0 bridgehead atoms. The van der Waals surface area contributed by atoms with Crippen molar-refractivity contribution in [3.63, 3.8) is 0 Å². The lowest BCUT2D eigenvalue weighted by molar-refractivity contribution is -0.160. The number of nitrogens with one attached hydrogen (secondary N) is 1. The second kappa shape index (κ2) is 4.41. The van der Waals surface area contributed by atoms with Crippen LogP contribution in [-0.4, -0.2) is 22.7 Å². The Balaban J connectivity index is 1.89. The number of thiophene rings is 1. The first-order valence-corrected chi connectivity index (χ1v) is 7.54. The highest BCUT2D eigenvalue weighted by molar-refractivity contribution is 7.12. The van der Waals surface area contributed by atoms with Gasteiger partial charge in [0.1, 0.15) is 0 Å². The summed E-state index contributed by atoms with van der Waals surface area (Å²) in [6, 6.07) is 10.8. The Labute approximate surface area is 130 Å². The number of hydrogen-bond acceptors (Lipinski definition) is 5. The molecular formula is C15H11N3O3S. The van der Waals surface area contributed by atoms with Crippen LogP contribution >= 0.6 is 11.3 Å². The second-order valence-electron chi connectivity index (χ2n) is 4.96. The van der Waals surface area contributed by atoms with Crippen LogP contribution < -0.4 is 5.32 Å². The minimum absolute atomic E-state index is 0.275. The van der Waals surface area contributed by atoms with Gasteiger partial charge < -0.3 is 10.1 Å². The number of anilines is 1. The summed E-state index contributed by atoms with van der Waals surface area (Å²) in [5.74, 6) is -0.505. The molecule has 0 saturated carbocycles. The van der Waals surface area contributed by atoms with E-state index >= 15 is 0 Å². The molecule has 22 heavy (non-hydrogen) atoms. The van der Waals surface area contributed by atoms with Crippen molar-refractivity contribution < 1.29 is 14.3 Å². The van der Waals surface area contributed by atoms with Crippen LogP contribution in [0.4, 0.5) is 5.69 Å². The van der Waals surface area contributed by atoms with Crippen LogP contribution in [0.25, 0.3) is 0 Å². The van der Waals surface area contributed by atoms with E-state index in [-0.39, 0.29) is 11.8 Å². The molecule has 3 heterocycles. The maximum atomic E-state index is 12.6. The van der Waals surface area contributed by atoms with Gasteiger partial charge in [0.15, 0.2) is 0 Å². The number of rotatable bonds is 1. The van der Waals surface area contributed by atoms with Crippen molar-refractivity contribution in [3.8, 4) is 0 Å². The highest BCUT2D eigenvalue weighted by atomic mass is 32.1. The zero-order chi connectivity index (χ0) is 15.3. The van der Waals surface area contributed by atoms with Gasteiger partial charge in [-0.1, -0.05) is 24.3 Å². The van der Waals surface area contributed by atoms with Crippen LogP contribution in [0, 0.1) is 0 Å². The van der Waals surface area contributed by atoms with Gasteiger partial charge in [-0.15, -0.1) is 16.4 Å². The molecule has 2 aromatic rings. The fraction of sp³-hybridized carbons (Fsp3) is 0.133. The van der Waals surface area contributed by atoms with Crippen molar-refractivity contribution in [3.05, 3.63) is 52.2 Å². The Bertz CT molecular complexity index is 815. The molecule has 1 aromatic heterocycles. The maximum Gasteiger partial charge on any atom is 0.314 e. The van der Waals surface area contributed by atoms with E-state index < -0.39 is 11.6 Å². The first-order chi connectivity index (χ1) is 10.6. The number of amides is 2. The number of carbonyl (C=O) groups is 2. The Hall–Kier alpha value is -2.67. The number of para-hydroxylation sites is 1. The third kappa shape index (κ3) is 1.57. The van der Waals surface area contributed by atoms with Crippen molar-refractivity contribution in [2.75, 3.05) is 5.32 Å².